The lowest BCUT2D eigenvalue weighted by molar-refractivity contribution is 0.113. The van der Waals surface area contributed by atoms with Gasteiger partial charge in [-0.1, -0.05) is 31.2 Å². The van der Waals surface area contributed by atoms with Crippen molar-refractivity contribution in [2.45, 2.75) is 38.8 Å². The second-order valence-electron chi connectivity index (χ2n) is 5.57. The maximum Gasteiger partial charge on any atom is 0.317 e. The molecule has 0 aliphatic heterocycles. The predicted molar refractivity (Wildman–Crippen MR) is 79.4 cm³/mol. The molecule has 0 spiro atoms. The van der Waals surface area contributed by atoms with Gasteiger partial charge in [0, 0.05) is 20.1 Å². The van der Waals surface area contributed by atoms with Gasteiger partial charge in [-0.15, -0.1) is 0 Å². The fourth-order valence-electron chi connectivity index (χ4n) is 2.37. The predicted octanol–water partition coefficient (Wildman–Crippen LogP) is 2.16. The number of nitrogens with one attached hydrogen (secondary N) is 1. The topological polar surface area (TPSA) is 52.6 Å². The molecule has 0 heterocycles. The molecule has 0 saturated heterocycles. The van der Waals surface area contributed by atoms with Crippen LogP contribution in [-0.2, 0) is 13.0 Å². The molecule has 1 fully saturated rings. The van der Waals surface area contributed by atoms with E-state index in [1.165, 1.54) is 5.56 Å². The molecule has 2 amide bonds. The minimum absolute atomic E-state index is 0.129. The highest BCUT2D eigenvalue weighted by Crippen LogP contribution is 2.32. The number of aryl methyl sites for hydroxylation is 1. The van der Waals surface area contributed by atoms with Crippen LogP contribution in [0.5, 0.6) is 0 Å². The summed E-state index contributed by atoms with van der Waals surface area (Å²) in [6, 6.07) is 8.00. The third-order valence-corrected chi connectivity index (χ3v) is 3.90. The molecule has 0 aromatic heterocycles. The molecule has 1 saturated carbocycles. The molecule has 1 aromatic rings. The fraction of sp³-hybridized carbons (Fsp3) is 0.562. The van der Waals surface area contributed by atoms with E-state index in [-0.39, 0.29) is 12.1 Å². The Balaban J connectivity index is 1.81. The van der Waals surface area contributed by atoms with Gasteiger partial charge in [-0.05, 0) is 36.3 Å². The molecular weight excluding hydrogens is 252 g/mol. The quantitative estimate of drug-likeness (QED) is 0.836. The molecule has 20 heavy (non-hydrogen) atoms. The van der Waals surface area contributed by atoms with Crippen molar-refractivity contribution in [1.29, 1.82) is 0 Å². The van der Waals surface area contributed by atoms with Gasteiger partial charge in [0.15, 0.2) is 0 Å². The standard InChI is InChI=1S/C16H24N2O2/c1-3-12-6-4-5-7-14(12)10-17-16(20)18(2)11-15(19)13-8-9-13/h4-7,13,15,19H,3,8-11H2,1-2H3,(H,17,20). The van der Waals surface area contributed by atoms with E-state index in [4.69, 9.17) is 0 Å². The van der Waals surface area contributed by atoms with Gasteiger partial charge >= 0.3 is 6.03 Å². The third kappa shape index (κ3) is 3.97. The zero-order valence-corrected chi connectivity index (χ0v) is 12.3. The number of benzene rings is 1. The van der Waals surface area contributed by atoms with Gasteiger partial charge in [0.2, 0.25) is 0 Å². The first-order valence-corrected chi connectivity index (χ1v) is 7.35. The largest absolute Gasteiger partial charge is 0.391 e. The summed E-state index contributed by atoms with van der Waals surface area (Å²) < 4.78 is 0. The first kappa shape index (κ1) is 14.9. The minimum Gasteiger partial charge on any atom is -0.391 e. The molecule has 4 heteroatoms. The van der Waals surface area contributed by atoms with Crippen molar-refractivity contribution in [3.05, 3.63) is 35.4 Å². The van der Waals surface area contributed by atoms with E-state index in [1.807, 2.05) is 18.2 Å². The fourth-order valence-corrected chi connectivity index (χ4v) is 2.37. The van der Waals surface area contributed by atoms with E-state index in [9.17, 15) is 9.90 Å². The minimum atomic E-state index is -0.381. The first-order chi connectivity index (χ1) is 9.61. The highest BCUT2D eigenvalue weighted by Gasteiger charge is 2.31. The molecule has 1 aromatic carbocycles. The van der Waals surface area contributed by atoms with Crippen LogP contribution in [0.1, 0.15) is 30.9 Å². The Morgan fingerprint density at radius 2 is 2.05 bits per heavy atom. The van der Waals surface area contributed by atoms with Gasteiger partial charge in [-0.3, -0.25) is 0 Å². The highest BCUT2D eigenvalue weighted by molar-refractivity contribution is 5.73. The monoisotopic (exact) mass is 276 g/mol. The summed E-state index contributed by atoms with van der Waals surface area (Å²) in [6.07, 6.45) is 2.75. The Morgan fingerprint density at radius 3 is 2.65 bits per heavy atom. The van der Waals surface area contributed by atoms with E-state index >= 15 is 0 Å². The molecule has 0 radical (unpaired) electrons. The van der Waals surface area contributed by atoms with Crippen molar-refractivity contribution >= 4 is 6.03 Å². The lowest BCUT2D eigenvalue weighted by Crippen LogP contribution is -2.41. The zero-order valence-electron chi connectivity index (χ0n) is 12.3. The van der Waals surface area contributed by atoms with Crippen LogP contribution in [0, 0.1) is 5.92 Å². The van der Waals surface area contributed by atoms with Crippen LogP contribution in [-0.4, -0.2) is 35.7 Å². The number of hydrogen-bond acceptors (Lipinski definition) is 2. The lowest BCUT2D eigenvalue weighted by Gasteiger charge is -2.21. The summed E-state index contributed by atoms with van der Waals surface area (Å²) in [4.78, 5) is 13.6. The SMILES string of the molecule is CCc1ccccc1CNC(=O)N(C)CC(O)C1CC1. The van der Waals surface area contributed by atoms with Crippen molar-refractivity contribution < 1.29 is 9.90 Å². The second-order valence-corrected chi connectivity index (χ2v) is 5.57. The Kier molecular flexibility index (Phi) is 5.01. The molecule has 110 valence electrons. The molecule has 2 N–H and O–H groups in total. The van der Waals surface area contributed by atoms with Crippen molar-refractivity contribution in [3.8, 4) is 0 Å². The smallest absolute Gasteiger partial charge is 0.317 e. The maximum atomic E-state index is 12.0. The number of aliphatic hydroxyl groups is 1. The van der Waals surface area contributed by atoms with Crippen LogP contribution in [0.25, 0.3) is 0 Å². The molecule has 4 nitrogen and oxygen atoms in total. The van der Waals surface area contributed by atoms with Gasteiger partial charge in [0.05, 0.1) is 6.10 Å². The molecule has 0 bridgehead atoms. The maximum absolute atomic E-state index is 12.0. The average Bonchev–Trinajstić information content (AvgIpc) is 3.29. The summed E-state index contributed by atoms with van der Waals surface area (Å²) in [7, 11) is 1.73. The van der Waals surface area contributed by atoms with E-state index in [0.29, 0.717) is 19.0 Å². The van der Waals surface area contributed by atoms with Crippen LogP contribution < -0.4 is 5.32 Å². The number of rotatable bonds is 6. The Bertz CT molecular complexity index is 458. The number of nitrogens with zero attached hydrogens (tertiary/aromatic N) is 1. The number of hydrogen-bond donors (Lipinski definition) is 2. The molecule has 1 aliphatic rings. The normalized spacial score (nSPS) is 15.8. The molecule has 1 aliphatic carbocycles. The van der Waals surface area contributed by atoms with Gasteiger partial charge in [0.25, 0.3) is 0 Å². The van der Waals surface area contributed by atoms with Gasteiger partial charge in [-0.25, -0.2) is 4.79 Å². The van der Waals surface area contributed by atoms with Gasteiger partial charge < -0.3 is 15.3 Å². The van der Waals surface area contributed by atoms with Gasteiger partial charge in [0.1, 0.15) is 0 Å². The number of amides is 2. The number of likely N-dealkylation sites (N-methyl/N-ethyl adjacent to an activating group) is 1. The number of carbonyl (C=O) groups excluding carboxylic acids is 1. The number of carbonyl (C=O) groups is 1. The van der Waals surface area contributed by atoms with Crippen molar-refractivity contribution in [2.75, 3.05) is 13.6 Å². The number of aliphatic hydroxyl groups excluding tert-OH is 1. The van der Waals surface area contributed by atoms with E-state index < -0.39 is 0 Å². The van der Waals surface area contributed by atoms with E-state index in [2.05, 4.69) is 18.3 Å². The highest BCUT2D eigenvalue weighted by atomic mass is 16.3. The van der Waals surface area contributed by atoms with Crippen molar-refractivity contribution in [3.63, 3.8) is 0 Å². The summed E-state index contributed by atoms with van der Waals surface area (Å²) in [5.41, 5.74) is 2.41. The van der Waals surface area contributed by atoms with Crippen LogP contribution >= 0.6 is 0 Å². The van der Waals surface area contributed by atoms with Crippen LogP contribution in [0.15, 0.2) is 24.3 Å². The Labute approximate surface area is 120 Å². The molecule has 1 atom stereocenters. The Hall–Kier alpha value is -1.55. The Morgan fingerprint density at radius 1 is 1.40 bits per heavy atom. The summed E-state index contributed by atoms with van der Waals surface area (Å²) >= 11 is 0. The molecule has 1 unspecified atom stereocenters. The summed E-state index contributed by atoms with van der Waals surface area (Å²) in [5.74, 6) is 0.395. The van der Waals surface area contributed by atoms with Crippen LogP contribution in [0.4, 0.5) is 4.79 Å². The summed E-state index contributed by atoms with van der Waals surface area (Å²) in [5, 5.41) is 12.8. The lowest BCUT2D eigenvalue weighted by atomic mass is 10.1. The van der Waals surface area contributed by atoms with E-state index in [0.717, 1.165) is 24.8 Å². The first-order valence-electron chi connectivity index (χ1n) is 7.35. The van der Waals surface area contributed by atoms with Crippen molar-refractivity contribution in [2.24, 2.45) is 5.92 Å². The van der Waals surface area contributed by atoms with E-state index in [1.54, 1.807) is 11.9 Å². The second kappa shape index (κ2) is 6.75. The summed E-state index contributed by atoms with van der Waals surface area (Å²) in [6.45, 7) is 3.05. The van der Waals surface area contributed by atoms with Crippen LogP contribution in [0.2, 0.25) is 0 Å². The van der Waals surface area contributed by atoms with Crippen LogP contribution in [0.3, 0.4) is 0 Å². The third-order valence-electron chi connectivity index (χ3n) is 3.90. The molecule has 2 rings (SSSR count). The zero-order chi connectivity index (χ0) is 14.5. The number of urea groups is 1. The average molecular weight is 276 g/mol. The van der Waals surface area contributed by atoms with Crippen molar-refractivity contribution in [1.82, 2.24) is 10.2 Å². The molecular formula is C16H24N2O2. The van der Waals surface area contributed by atoms with Gasteiger partial charge in [-0.2, -0.15) is 0 Å².